The van der Waals surface area contributed by atoms with Gasteiger partial charge < -0.3 is 15.0 Å². The van der Waals surface area contributed by atoms with Crippen LogP contribution >= 0.6 is 0 Å². The smallest absolute Gasteiger partial charge is 0.307 e. The number of alkyl halides is 2. The molecule has 4 rings (SSSR count). The highest BCUT2D eigenvalue weighted by Gasteiger charge is 2.43. The van der Waals surface area contributed by atoms with Crippen molar-refractivity contribution in [2.75, 3.05) is 6.61 Å². The quantitative estimate of drug-likeness (QED) is 0.573. The first kappa shape index (κ1) is 23.7. The monoisotopic (exact) mass is 472 g/mol. The van der Waals surface area contributed by atoms with Crippen LogP contribution in [-0.4, -0.2) is 46.3 Å². The molecule has 2 aliphatic rings. The Balaban J connectivity index is 1.44. The van der Waals surface area contributed by atoms with Crippen LogP contribution in [0.4, 0.5) is 8.78 Å². The Morgan fingerprint density at radius 1 is 1.29 bits per heavy atom. The summed E-state index contributed by atoms with van der Waals surface area (Å²) in [7, 11) is 0. The van der Waals surface area contributed by atoms with Crippen LogP contribution in [0, 0.1) is 0 Å². The van der Waals surface area contributed by atoms with Crippen molar-refractivity contribution in [3.63, 3.8) is 0 Å². The zero-order valence-electron chi connectivity index (χ0n) is 18.9. The lowest BCUT2D eigenvalue weighted by molar-refractivity contribution is -0.136. The Labute approximate surface area is 195 Å². The van der Waals surface area contributed by atoms with Crippen molar-refractivity contribution in [3.8, 4) is 5.75 Å². The van der Waals surface area contributed by atoms with E-state index in [1.54, 1.807) is 31.2 Å². The molecule has 2 aromatic rings. The minimum atomic E-state index is -3.28. The number of rotatable bonds is 8. The summed E-state index contributed by atoms with van der Waals surface area (Å²) >= 11 is 0. The van der Waals surface area contributed by atoms with E-state index < -0.39 is 29.6 Å². The number of amides is 3. The molecule has 2 atom stereocenters. The van der Waals surface area contributed by atoms with Crippen molar-refractivity contribution in [2.45, 2.75) is 57.8 Å². The molecule has 2 N–H and O–H groups in total. The molecule has 0 aliphatic carbocycles. The molecule has 8 nitrogen and oxygen atoms in total. The van der Waals surface area contributed by atoms with Gasteiger partial charge in [-0.2, -0.15) is 8.78 Å². The van der Waals surface area contributed by atoms with Crippen LogP contribution in [0.3, 0.4) is 0 Å². The number of pyridine rings is 1. The van der Waals surface area contributed by atoms with Crippen LogP contribution in [0.2, 0.25) is 0 Å². The molecular weight excluding hydrogens is 446 g/mol. The number of hydrogen-bond donors (Lipinski definition) is 2. The van der Waals surface area contributed by atoms with E-state index in [-0.39, 0.29) is 50.1 Å². The van der Waals surface area contributed by atoms with Gasteiger partial charge in [-0.3, -0.25) is 24.7 Å². The second kappa shape index (κ2) is 9.46. The summed E-state index contributed by atoms with van der Waals surface area (Å²) in [5.41, 5.74) is 1.50. The lowest BCUT2D eigenvalue weighted by Crippen LogP contribution is -2.52. The SMILES string of the molecule is CCOc1cccnc1C(F)(F)C(C)NCc1ccc2c(c1)CN(C1CCC(=O)NC1=O)C2=O. The second-order valence-electron chi connectivity index (χ2n) is 8.40. The van der Waals surface area contributed by atoms with Gasteiger partial charge in [-0.15, -0.1) is 0 Å². The van der Waals surface area contributed by atoms with E-state index >= 15 is 8.78 Å². The fourth-order valence-electron chi connectivity index (χ4n) is 4.25. The van der Waals surface area contributed by atoms with E-state index in [9.17, 15) is 14.4 Å². The average molecular weight is 472 g/mol. The van der Waals surface area contributed by atoms with Gasteiger partial charge >= 0.3 is 5.92 Å². The summed E-state index contributed by atoms with van der Waals surface area (Å²) in [5, 5.41) is 5.12. The second-order valence-corrected chi connectivity index (χ2v) is 8.40. The number of nitrogens with one attached hydrogen (secondary N) is 2. The fraction of sp³-hybridized carbons (Fsp3) is 0.417. The third-order valence-electron chi connectivity index (χ3n) is 6.13. The Bertz CT molecular complexity index is 1120. The standard InChI is InChI=1S/C24H26F2N4O4/c1-3-34-19-5-4-10-27-21(19)24(25,26)14(2)28-12-15-6-7-17-16(11-15)13-30(23(17)33)18-8-9-20(31)29-22(18)32/h4-7,10-11,14,18,28H,3,8-9,12-13H2,1-2H3,(H,29,31,32). The van der Waals surface area contributed by atoms with E-state index in [1.165, 1.54) is 24.1 Å². The van der Waals surface area contributed by atoms with E-state index in [1.807, 2.05) is 0 Å². The maximum absolute atomic E-state index is 15.1. The number of carbonyl (C=O) groups excluding carboxylic acids is 3. The molecule has 1 fully saturated rings. The summed E-state index contributed by atoms with van der Waals surface area (Å²) in [4.78, 5) is 41.7. The highest BCUT2D eigenvalue weighted by molar-refractivity contribution is 6.05. The van der Waals surface area contributed by atoms with E-state index in [0.717, 1.165) is 11.1 Å². The maximum atomic E-state index is 15.1. The Hall–Kier alpha value is -3.40. The molecular formula is C24H26F2N4O4. The summed E-state index contributed by atoms with van der Waals surface area (Å²) in [6.07, 6.45) is 1.77. The number of imide groups is 1. The molecule has 0 spiro atoms. The lowest BCUT2D eigenvalue weighted by Gasteiger charge is -2.29. The molecule has 10 heteroatoms. The molecule has 1 aromatic heterocycles. The van der Waals surface area contributed by atoms with E-state index in [4.69, 9.17) is 4.74 Å². The zero-order chi connectivity index (χ0) is 24.5. The fourth-order valence-corrected chi connectivity index (χ4v) is 4.25. The Morgan fingerprint density at radius 2 is 2.09 bits per heavy atom. The topological polar surface area (TPSA) is 101 Å². The molecule has 3 heterocycles. The van der Waals surface area contributed by atoms with Gasteiger partial charge in [0.2, 0.25) is 11.8 Å². The minimum absolute atomic E-state index is 0.0493. The number of halogens is 2. The molecule has 2 unspecified atom stereocenters. The van der Waals surface area contributed by atoms with Gasteiger partial charge in [0.25, 0.3) is 5.91 Å². The predicted molar refractivity (Wildman–Crippen MR) is 118 cm³/mol. The average Bonchev–Trinajstić information content (AvgIpc) is 3.13. The van der Waals surface area contributed by atoms with Crippen molar-refractivity contribution in [1.82, 2.24) is 20.5 Å². The molecule has 1 saturated heterocycles. The van der Waals surface area contributed by atoms with Crippen LogP contribution in [0.25, 0.3) is 0 Å². The molecule has 0 bridgehead atoms. The predicted octanol–water partition coefficient (Wildman–Crippen LogP) is 2.51. The third-order valence-corrected chi connectivity index (χ3v) is 6.13. The molecule has 0 saturated carbocycles. The molecule has 34 heavy (non-hydrogen) atoms. The van der Waals surface area contributed by atoms with Crippen LogP contribution in [0.1, 0.15) is 53.9 Å². The molecule has 3 amide bonds. The third kappa shape index (κ3) is 4.50. The summed E-state index contributed by atoms with van der Waals surface area (Å²) in [6.45, 7) is 3.72. The number of aromatic nitrogens is 1. The Morgan fingerprint density at radius 3 is 2.82 bits per heavy atom. The van der Waals surface area contributed by atoms with Crippen molar-refractivity contribution >= 4 is 17.7 Å². The van der Waals surface area contributed by atoms with Gasteiger partial charge in [0.1, 0.15) is 11.8 Å². The maximum Gasteiger partial charge on any atom is 0.307 e. The van der Waals surface area contributed by atoms with Crippen LogP contribution in [0.5, 0.6) is 5.75 Å². The number of fused-ring (bicyclic) bond motifs is 1. The van der Waals surface area contributed by atoms with Crippen LogP contribution in [-0.2, 0) is 28.6 Å². The van der Waals surface area contributed by atoms with Crippen LogP contribution in [0.15, 0.2) is 36.5 Å². The van der Waals surface area contributed by atoms with Gasteiger partial charge in [0.05, 0.1) is 12.6 Å². The first-order valence-electron chi connectivity index (χ1n) is 11.2. The van der Waals surface area contributed by atoms with Gasteiger partial charge in [-0.05, 0) is 49.6 Å². The molecule has 180 valence electrons. The minimum Gasteiger partial charge on any atom is -0.492 e. The van der Waals surface area contributed by atoms with Gasteiger partial charge in [0, 0.05) is 31.3 Å². The summed E-state index contributed by atoms with van der Waals surface area (Å²) < 4.78 is 35.5. The van der Waals surface area contributed by atoms with Crippen molar-refractivity contribution in [3.05, 3.63) is 58.9 Å². The first-order valence-corrected chi connectivity index (χ1v) is 11.2. The highest BCUT2D eigenvalue weighted by atomic mass is 19.3. The van der Waals surface area contributed by atoms with Crippen molar-refractivity contribution in [1.29, 1.82) is 0 Å². The summed E-state index contributed by atoms with van der Waals surface area (Å²) in [5.74, 6) is -4.32. The van der Waals surface area contributed by atoms with Gasteiger partial charge in [0.15, 0.2) is 5.69 Å². The molecule has 2 aliphatic heterocycles. The van der Waals surface area contributed by atoms with Gasteiger partial charge in [-0.1, -0.05) is 12.1 Å². The zero-order valence-corrected chi connectivity index (χ0v) is 18.9. The van der Waals surface area contributed by atoms with Gasteiger partial charge in [-0.25, -0.2) is 0 Å². The number of ether oxygens (including phenoxy) is 1. The summed E-state index contributed by atoms with van der Waals surface area (Å²) in [6, 6.07) is 6.21. The highest BCUT2D eigenvalue weighted by Crippen LogP contribution is 2.36. The Kier molecular flexibility index (Phi) is 6.60. The van der Waals surface area contributed by atoms with Crippen LogP contribution < -0.4 is 15.4 Å². The van der Waals surface area contributed by atoms with E-state index in [0.29, 0.717) is 5.56 Å². The number of nitrogens with zero attached hydrogens (tertiary/aromatic N) is 2. The largest absolute Gasteiger partial charge is 0.492 e. The number of hydrogen-bond acceptors (Lipinski definition) is 6. The van der Waals surface area contributed by atoms with Crippen molar-refractivity contribution < 1.29 is 27.9 Å². The number of benzene rings is 1. The molecule has 1 aromatic carbocycles. The van der Waals surface area contributed by atoms with E-state index in [2.05, 4.69) is 15.6 Å². The molecule has 0 radical (unpaired) electrons. The number of carbonyl (C=O) groups is 3. The van der Waals surface area contributed by atoms with Crippen molar-refractivity contribution in [2.24, 2.45) is 0 Å². The normalized spacial score (nSPS) is 19.1. The lowest BCUT2D eigenvalue weighted by atomic mass is 10.0. The number of piperidine rings is 1. The first-order chi connectivity index (χ1) is 16.2.